The monoisotopic (exact) mass is 547 g/mol. The second-order valence-corrected chi connectivity index (χ2v) is 8.64. The highest BCUT2D eigenvalue weighted by molar-refractivity contribution is 5.75. The van der Waals surface area contributed by atoms with Crippen molar-refractivity contribution in [1.29, 1.82) is 0 Å². The van der Waals surface area contributed by atoms with Crippen LogP contribution in [0.15, 0.2) is 47.4 Å². The zero-order chi connectivity index (χ0) is 28.1. The first-order valence-corrected chi connectivity index (χ1v) is 13.6. The summed E-state index contributed by atoms with van der Waals surface area (Å²) in [5, 5.41) is 0. The number of unbranched alkanes of at least 4 members (excludes halogenated alkanes) is 2. The summed E-state index contributed by atoms with van der Waals surface area (Å²) in [5.41, 5.74) is -0.0655. The summed E-state index contributed by atoms with van der Waals surface area (Å²) in [6.45, 7) is 7.69. The molecule has 39 heavy (non-hydrogen) atoms. The van der Waals surface area contributed by atoms with E-state index in [1.54, 1.807) is 18.3 Å². The number of ether oxygens (including phenoxy) is 6. The van der Waals surface area contributed by atoms with Gasteiger partial charge in [-0.1, -0.05) is 32.8 Å². The summed E-state index contributed by atoms with van der Waals surface area (Å²) in [6.07, 6.45) is 5.76. The second kappa shape index (κ2) is 19.9. The number of carbonyl (C=O) groups is 2. The van der Waals surface area contributed by atoms with Gasteiger partial charge in [0, 0.05) is 31.5 Å². The fourth-order valence-corrected chi connectivity index (χ4v) is 3.27. The predicted octanol–water partition coefficient (Wildman–Crippen LogP) is 4.10. The van der Waals surface area contributed by atoms with Crippen LogP contribution in [0, 0.1) is 0 Å². The van der Waals surface area contributed by atoms with Crippen molar-refractivity contribution in [2.75, 3.05) is 52.9 Å². The van der Waals surface area contributed by atoms with E-state index < -0.39 is 11.9 Å². The zero-order valence-corrected chi connectivity index (χ0v) is 23.1. The first-order chi connectivity index (χ1) is 19.0. The summed E-state index contributed by atoms with van der Waals surface area (Å²) in [4.78, 5) is 37.2. The second-order valence-electron chi connectivity index (χ2n) is 8.64. The Bertz CT molecular complexity index is 1040. The van der Waals surface area contributed by atoms with Crippen LogP contribution in [0.25, 0.3) is 5.69 Å². The number of carbonyl (C=O) groups excluding carboxylic acids is 2. The van der Waals surface area contributed by atoms with Crippen LogP contribution in [0.5, 0.6) is 11.5 Å². The molecule has 2 rings (SSSR count). The molecule has 0 aliphatic heterocycles. The van der Waals surface area contributed by atoms with Crippen molar-refractivity contribution in [3.8, 4) is 17.2 Å². The molecule has 1 heterocycles. The van der Waals surface area contributed by atoms with Gasteiger partial charge in [-0.3, -0.25) is 19.0 Å². The number of rotatable bonds is 21. The Balaban J connectivity index is 1.90. The molecule has 0 amide bonds. The first kappa shape index (κ1) is 32.2. The quantitative estimate of drug-likeness (QED) is 0.130. The molecule has 0 aliphatic rings. The molecule has 0 unspecified atom stereocenters. The Hall–Kier alpha value is -3.05. The van der Waals surface area contributed by atoms with E-state index in [1.165, 1.54) is 28.8 Å². The minimum absolute atomic E-state index is 0.0263. The third kappa shape index (κ3) is 13.5. The molecule has 1 aromatic carbocycles. The summed E-state index contributed by atoms with van der Waals surface area (Å²) < 4.78 is 33.9. The van der Waals surface area contributed by atoms with Gasteiger partial charge in [-0.15, -0.1) is 0 Å². The summed E-state index contributed by atoms with van der Waals surface area (Å²) in [7, 11) is 0. The molecule has 0 bridgehead atoms. The van der Waals surface area contributed by atoms with E-state index in [2.05, 4.69) is 13.8 Å². The lowest BCUT2D eigenvalue weighted by Crippen LogP contribution is -2.19. The summed E-state index contributed by atoms with van der Waals surface area (Å²) in [5.74, 6) is -0.649. The van der Waals surface area contributed by atoms with Crippen LogP contribution >= 0.6 is 0 Å². The van der Waals surface area contributed by atoms with E-state index in [0.29, 0.717) is 39.6 Å². The van der Waals surface area contributed by atoms with E-state index in [-0.39, 0.29) is 48.8 Å². The smallest absolute Gasteiger partial charge is 0.313 e. The van der Waals surface area contributed by atoms with E-state index in [4.69, 9.17) is 28.4 Å². The molecule has 216 valence electrons. The summed E-state index contributed by atoms with van der Waals surface area (Å²) in [6, 6.07) is 9.13. The van der Waals surface area contributed by atoms with Crippen molar-refractivity contribution in [1.82, 2.24) is 4.57 Å². The highest BCUT2D eigenvalue weighted by atomic mass is 16.6. The molecule has 0 aliphatic carbocycles. The number of aromatic nitrogens is 1. The maximum absolute atomic E-state index is 12.5. The highest BCUT2D eigenvalue weighted by Crippen LogP contribution is 2.28. The Labute approximate surface area is 230 Å². The number of nitrogens with zero attached hydrogens (tertiary/aromatic N) is 1. The van der Waals surface area contributed by atoms with E-state index >= 15 is 0 Å². The molecular formula is C29H41NO9. The number of esters is 2. The lowest BCUT2D eigenvalue weighted by Gasteiger charge is -2.14. The molecule has 0 N–H and O–H groups in total. The Morgan fingerprint density at radius 2 is 1.26 bits per heavy atom. The molecule has 0 atom stereocenters. The lowest BCUT2D eigenvalue weighted by molar-refractivity contribution is -0.136. The minimum atomic E-state index is -0.521. The number of benzene rings is 1. The van der Waals surface area contributed by atoms with Gasteiger partial charge in [-0.05, 0) is 31.0 Å². The largest absolute Gasteiger partial charge is 0.426 e. The summed E-state index contributed by atoms with van der Waals surface area (Å²) >= 11 is 0. The predicted molar refractivity (Wildman–Crippen MR) is 146 cm³/mol. The molecule has 0 spiro atoms. The maximum atomic E-state index is 12.5. The van der Waals surface area contributed by atoms with Crippen molar-refractivity contribution < 1.29 is 38.0 Å². The van der Waals surface area contributed by atoms with Crippen LogP contribution in [0.1, 0.15) is 52.4 Å². The first-order valence-electron chi connectivity index (χ1n) is 13.6. The van der Waals surface area contributed by atoms with Gasteiger partial charge >= 0.3 is 11.9 Å². The third-order valence-electron chi connectivity index (χ3n) is 5.40. The Kier molecular flexibility index (Phi) is 16.4. The van der Waals surface area contributed by atoms with E-state index in [1.807, 2.05) is 0 Å². The van der Waals surface area contributed by atoms with Gasteiger partial charge in [0.25, 0.3) is 5.56 Å². The molecule has 1 aromatic heterocycles. The average molecular weight is 548 g/mol. The number of pyridine rings is 1. The van der Waals surface area contributed by atoms with Crippen molar-refractivity contribution >= 4 is 11.9 Å². The van der Waals surface area contributed by atoms with Crippen LogP contribution in [-0.2, 0) is 28.5 Å². The van der Waals surface area contributed by atoms with Crippen LogP contribution in [0.4, 0.5) is 0 Å². The van der Waals surface area contributed by atoms with Crippen LogP contribution in [0.2, 0.25) is 0 Å². The molecule has 10 nitrogen and oxygen atoms in total. The topological polar surface area (TPSA) is 112 Å². The van der Waals surface area contributed by atoms with Gasteiger partial charge in [-0.25, -0.2) is 0 Å². The normalized spacial score (nSPS) is 10.9. The maximum Gasteiger partial charge on any atom is 0.313 e. The minimum Gasteiger partial charge on any atom is -0.426 e. The SMILES string of the molecule is CCCCOCCOCCC(=O)Oc1ccc(OC(=O)CCOCCOCCCC)c(-n2ccccc2=O)c1. The Morgan fingerprint density at radius 3 is 1.82 bits per heavy atom. The van der Waals surface area contributed by atoms with Gasteiger partial charge in [0.05, 0.1) is 58.2 Å². The molecule has 2 aromatic rings. The van der Waals surface area contributed by atoms with Crippen molar-refractivity contribution in [2.24, 2.45) is 0 Å². The molecule has 0 saturated heterocycles. The van der Waals surface area contributed by atoms with Gasteiger partial charge in [-0.2, -0.15) is 0 Å². The fourth-order valence-electron chi connectivity index (χ4n) is 3.27. The molecule has 10 heteroatoms. The van der Waals surface area contributed by atoms with Crippen LogP contribution in [-0.4, -0.2) is 69.4 Å². The lowest BCUT2D eigenvalue weighted by atomic mass is 10.2. The van der Waals surface area contributed by atoms with Crippen LogP contribution < -0.4 is 15.0 Å². The number of hydrogen-bond acceptors (Lipinski definition) is 9. The number of hydrogen-bond donors (Lipinski definition) is 0. The molecule has 0 radical (unpaired) electrons. The molecule has 0 fully saturated rings. The van der Waals surface area contributed by atoms with Crippen molar-refractivity contribution in [2.45, 2.75) is 52.4 Å². The van der Waals surface area contributed by atoms with E-state index in [9.17, 15) is 14.4 Å². The van der Waals surface area contributed by atoms with E-state index in [0.717, 1.165) is 25.7 Å². The van der Waals surface area contributed by atoms with Crippen LogP contribution in [0.3, 0.4) is 0 Å². The fraction of sp³-hybridized carbons (Fsp3) is 0.552. The van der Waals surface area contributed by atoms with Crippen molar-refractivity contribution in [3.05, 3.63) is 52.9 Å². The van der Waals surface area contributed by atoms with Gasteiger partial charge in [0.15, 0.2) is 5.75 Å². The van der Waals surface area contributed by atoms with Gasteiger partial charge < -0.3 is 28.4 Å². The van der Waals surface area contributed by atoms with Gasteiger partial charge in [0.2, 0.25) is 0 Å². The average Bonchev–Trinajstić information content (AvgIpc) is 2.93. The third-order valence-corrected chi connectivity index (χ3v) is 5.40. The Morgan fingerprint density at radius 1 is 0.692 bits per heavy atom. The molecule has 0 saturated carbocycles. The van der Waals surface area contributed by atoms with Crippen molar-refractivity contribution in [3.63, 3.8) is 0 Å². The standard InChI is InChI=1S/C29H41NO9/c1-3-5-15-34-19-21-36-17-12-28(32)38-24-10-11-26(25(23-24)30-14-8-7-9-27(30)31)39-29(33)13-18-37-22-20-35-16-6-4-2/h7-11,14,23H,3-6,12-13,15-22H2,1-2H3. The van der Waals surface area contributed by atoms with Gasteiger partial charge in [0.1, 0.15) is 5.75 Å². The molecular weight excluding hydrogens is 506 g/mol. The highest BCUT2D eigenvalue weighted by Gasteiger charge is 2.15. The zero-order valence-electron chi connectivity index (χ0n) is 23.1.